The summed E-state index contributed by atoms with van der Waals surface area (Å²) in [6.45, 7) is 3.30. The lowest BCUT2D eigenvalue weighted by Gasteiger charge is -2.18. The number of nitrogens with one attached hydrogen (secondary N) is 1. The first-order valence-corrected chi connectivity index (χ1v) is 10.9. The number of likely N-dealkylation sites (N-methyl/N-ethyl adjacent to an activating group) is 1. The van der Waals surface area contributed by atoms with E-state index < -0.39 is 15.9 Å². The van der Waals surface area contributed by atoms with Crippen LogP contribution in [-0.2, 0) is 14.8 Å². The van der Waals surface area contributed by atoms with Crippen molar-refractivity contribution in [2.45, 2.75) is 11.8 Å². The van der Waals surface area contributed by atoms with Crippen molar-refractivity contribution in [3.8, 4) is 5.75 Å². The summed E-state index contributed by atoms with van der Waals surface area (Å²) in [6, 6.07) is 13.1. The summed E-state index contributed by atoms with van der Waals surface area (Å²) in [7, 11) is -0.586. The lowest BCUT2D eigenvalue weighted by atomic mass is 10.2. The van der Waals surface area contributed by atoms with Crippen molar-refractivity contribution in [2.75, 3.05) is 38.8 Å². The standard InChI is InChI=1S/C21H24N2O6S/c1-4-28-17-7-5-6-8-20(17)30(25,26)22-21(24)19-13-15-9-10-16(14-18(15)29-19)23(2)11-12-27-3/h5-10,13-14H,4,11-12H2,1-3H3,(H,22,24). The Hall–Kier alpha value is -3.04. The fourth-order valence-corrected chi connectivity index (χ4v) is 4.00. The van der Waals surface area contributed by atoms with Gasteiger partial charge in [-0.05, 0) is 37.3 Å². The number of anilines is 1. The zero-order valence-corrected chi connectivity index (χ0v) is 17.9. The number of para-hydroxylation sites is 1. The highest BCUT2D eigenvalue weighted by molar-refractivity contribution is 7.90. The van der Waals surface area contributed by atoms with E-state index in [1.54, 1.807) is 32.2 Å². The Morgan fingerprint density at radius 2 is 1.93 bits per heavy atom. The van der Waals surface area contributed by atoms with E-state index in [9.17, 15) is 13.2 Å². The largest absolute Gasteiger partial charge is 0.492 e. The Balaban J connectivity index is 1.83. The van der Waals surface area contributed by atoms with Crippen LogP contribution in [-0.4, -0.2) is 48.2 Å². The Morgan fingerprint density at radius 1 is 1.17 bits per heavy atom. The van der Waals surface area contributed by atoms with Gasteiger partial charge in [0.15, 0.2) is 5.76 Å². The van der Waals surface area contributed by atoms with Gasteiger partial charge in [-0.2, -0.15) is 0 Å². The third-order valence-corrected chi connectivity index (χ3v) is 5.84. The zero-order chi connectivity index (χ0) is 21.7. The third-order valence-electron chi connectivity index (χ3n) is 4.46. The smallest absolute Gasteiger partial charge is 0.300 e. The normalized spacial score (nSPS) is 11.4. The van der Waals surface area contributed by atoms with Crippen LogP contribution < -0.4 is 14.4 Å². The SMILES string of the molecule is CCOc1ccccc1S(=O)(=O)NC(=O)c1cc2ccc(N(C)CCOC)cc2o1. The Kier molecular flexibility index (Phi) is 6.63. The molecule has 160 valence electrons. The quantitative estimate of drug-likeness (QED) is 0.555. The molecule has 0 saturated heterocycles. The van der Waals surface area contributed by atoms with E-state index in [0.29, 0.717) is 30.7 Å². The maximum absolute atomic E-state index is 12.7. The lowest BCUT2D eigenvalue weighted by molar-refractivity contribution is 0.0956. The van der Waals surface area contributed by atoms with E-state index >= 15 is 0 Å². The molecule has 0 aliphatic rings. The third kappa shape index (κ3) is 4.74. The Bertz CT molecular complexity index is 1140. The van der Waals surface area contributed by atoms with Crippen LogP contribution in [0.1, 0.15) is 17.5 Å². The van der Waals surface area contributed by atoms with Gasteiger partial charge in [-0.3, -0.25) is 4.79 Å². The zero-order valence-electron chi connectivity index (χ0n) is 17.0. The number of sulfonamides is 1. The topological polar surface area (TPSA) is 98.1 Å². The Morgan fingerprint density at radius 3 is 2.67 bits per heavy atom. The summed E-state index contributed by atoms with van der Waals surface area (Å²) in [6.07, 6.45) is 0. The van der Waals surface area contributed by atoms with Crippen LogP contribution in [0.5, 0.6) is 5.75 Å². The molecule has 2 aromatic carbocycles. The predicted molar refractivity (Wildman–Crippen MR) is 114 cm³/mol. The fraction of sp³-hybridized carbons (Fsp3) is 0.286. The Labute approximate surface area is 175 Å². The number of nitrogens with zero attached hydrogens (tertiary/aromatic N) is 1. The maximum atomic E-state index is 12.7. The van der Waals surface area contributed by atoms with Gasteiger partial charge in [0.2, 0.25) is 0 Å². The van der Waals surface area contributed by atoms with Gasteiger partial charge in [0.25, 0.3) is 10.0 Å². The van der Waals surface area contributed by atoms with Crippen molar-refractivity contribution in [1.29, 1.82) is 0 Å². The number of hydrogen-bond donors (Lipinski definition) is 1. The first-order valence-electron chi connectivity index (χ1n) is 9.38. The molecule has 1 N–H and O–H groups in total. The van der Waals surface area contributed by atoms with Gasteiger partial charge in [0.05, 0.1) is 13.2 Å². The minimum absolute atomic E-state index is 0.0980. The fourth-order valence-electron chi connectivity index (χ4n) is 2.90. The van der Waals surface area contributed by atoms with Crippen LogP contribution in [0.3, 0.4) is 0 Å². The molecule has 3 aromatic rings. The first kappa shape index (κ1) is 21.7. The highest BCUT2D eigenvalue weighted by Gasteiger charge is 2.24. The van der Waals surface area contributed by atoms with Gasteiger partial charge in [0, 0.05) is 37.8 Å². The second-order valence-corrected chi connectivity index (χ2v) is 8.21. The molecule has 0 unspecified atom stereocenters. The molecule has 0 atom stereocenters. The number of carbonyl (C=O) groups excluding carboxylic acids is 1. The second kappa shape index (κ2) is 9.19. The molecule has 1 heterocycles. The molecule has 8 nitrogen and oxygen atoms in total. The molecule has 0 aliphatic heterocycles. The summed E-state index contributed by atoms with van der Waals surface area (Å²) in [5, 5.41) is 0.691. The molecule has 0 spiro atoms. The van der Waals surface area contributed by atoms with Crippen molar-refractivity contribution < 1.29 is 27.1 Å². The van der Waals surface area contributed by atoms with Crippen molar-refractivity contribution in [3.63, 3.8) is 0 Å². The first-order chi connectivity index (χ1) is 14.4. The predicted octanol–water partition coefficient (Wildman–Crippen LogP) is 3.03. The van der Waals surface area contributed by atoms with E-state index in [4.69, 9.17) is 13.9 Å². The average Bonchev–Trinajstić information content (AvgIpc) is 3.16. The van der Waals surface area contributed by atoms with Gasteiger partial charge < -0.3 is 18.8 Å². The number of amides is 1. The number of methoxy groups -OCH3 is 1. The van der Waals surface area contributed by atoms with Crippen LogP contribution in [0.4, 0.5) is 5.69 Å². The molecule has 9 heteroatoms. The summed E-state index contributed by atoms with van der Waals surface area (Å²) < 4.78 is 43.5. The van der Waals surface area contributed by atoms with Crippen LogP contribution in [0.15, 0.2) is 57.8 Å². The van der Waals surface area contributed by atoms with Crippen LogP contribution in [0, 0.1) is 0 Å². The number of ether oxygens (including phenoxy) is 2. The number of fused-ring (bicyclic) bond motifs is 1. The van der Waals surface area contributed by atoms with Crippen LogP contribution >= 0.6 is 0 Å². The molecular weight excluding hydrogens is 408 g/mol. The number of hydrogen-bond acceptors (Lipinski definition) is 7. The minimum atomic E-state index is -4.14. The van der Waals surface area contributed by atoms with Crippen molar-refractivity contribution in [1.82, 2.24) is 4.72 Å². The average molecular weight is 432 g/mol. The summed E-state index contributed by atoms with van der Waals surface area (Å²) in [4.78, 5) is 14.5. The van der Waals surface area contributed by atoms with Crippen molar-refractivity contribution >= 4 is 32.6 Å². The van der Waals surface area contributed by atoms with Crippen molar-refractivity contribution in [2.24, 2.45) is 0 Å². The number of furan rings is 1. The van der Waals surface area contributed by atoms with Gasteiger partial charge in [0.1, 0.15) is 16.2 Å². The van der Waals surface area contributed by atoms with Gasteiger partial charge in [-0.1, -0.05) is 12.1 Å². The van der Waals surface area contributed by atoms with Gasteiger partial charge >= 0.3 is 5.91 Å². The highest BCUT2D eigenvalue weighted by Crippen LogP contribution is 2.26. The molecule has 0 fully saturated rings. The molecule has 1 amide bonds. The highest BCUT2D eigenvalue weighted by atomic mass is 32.2. The maximum Gasteiger partial charge on any atom is 0.300 e. The van der Waals surface area contributed by atoms with E-state index in [1.165, 1.54) is 18.2 Å². The molecule has 0 bridgehead atoms. The van der Waals surface area contributed by atoms with E-state index in [0.717, 1.165) is 5.69 Å². The van der Waals surface area contributed by atoms with E-state index in [-0.39, 0.29) is 16.4 Å². The number of rotatable bonds is 9. The van der Waals surface area contributed by atoms with Crippen LogP contribution in [0.2, 0.25) is 0 Å². The summed E-state index contributed by atoms with van der Waals surface area (Å²) in [5.41, 5.74) is 1.37. The molecule has 0 radical (unpaired) electrons. The lowest BCUT2D eigenvalue weighted by Crippen LogP contribution is -2.30. The molecule has 0 aliphatic carbocycles. The molecule has 0 saturated carbocycles. The van der Waals surface area contributed by atoms with Gasteiger partial charge in [-0.25, -0.2) is 13.1 Å². The molecule has 1 aromatic heterocycles. The monoisotopic (exact) mass is 432 g/mol. The molecular formula is C21H24N2O6S. The van der Waals surface area contributed by atoms with Gasteiger partial charge in [-0.15, -0.1) is 0 Å². The molecule has 3 rings (SSSR count). The van der Waals surface area contributed by atoms with Crippen LogP contribution in [0.25, 0.3) is 11.0 Å². The molecule has 30 heavy (non-hydrogen) atoms. The minimum Gasteiger partial charge on any atom is -0.492 e. The number of benzene rings is 2. The second-order valence-electron chi connectivity index (χ2n) is 6.56. The van der Waals surface area contributed by atoms with Crippen molar-refractivity contribution in [3.05, 3.63) is 54.3 Å². The van der Waals surface area contributed by atoms with E-state index in [2.05, 4.69) is 0 Å². The number of carbonyl (C=O) groups is 1. The van der Waals surface area contributed by atoms with E-state index in [1.807, 2.05) is 28.8 Å². The summed E-state index contributed by atoms with van der Waals surface area (Å²) >= 11 is 0. The summed E-state index contributed by atoms with van der Waals surface area (Å²) in [5.74, 6) is -0.778.